The summed E-state index contributed by atoms with van der Waals surface area (Å²) in [6.07, 6.45) is 0. The molecule has 0 amide bonds. The van der Waals surface area contributed by atoms with Gasteiger partial charge in [-0.15, -0.1) is 0 Å². The molecular weight excluding hydrogens is 244 g/mol. The summed E-state index contributed by atoms with van der Waals surface area (Å²) in [6.45, 7) is 1.90. The standard InChI is InChI=1S/C9H10N4O3S/c1-5-2-7(14)13-9(11-5)17-6(12-13)3-10-4-8(15)16/h2,10H,3-4H2,1H3,(H,15,16). The first-order chi connectivity index (χ1) is 8.06. The fourth-order valence-corrected chi connectivity index (χ4v) is 2.22. The summed E-state index contributed by atoms with van der Waals surface area (Å²) in [4.78, 5) is 26.6. The monoisotopic (exact) mass is 254 g/mol. The summed E-state index contributed by atoms with van der Waals surface area (Å²) in [5.74, 6) is -0.933. The highest BCUT2D eigenvalue weighted by atomic mass is 32.1. The molecule has 2 N–H and O–H groups in total. The molecule has 0 radical (unpaired) electrons. The van der Waals surface area contributed by atoms with Crippen LogP contribution in [0.2, 0.25) is 0 Å². The van der Waals surface area contributed by atoms with Crippen LogP contribution < -0.4 is 10.9 Å². The van der Waals surface area contributed by atoms with E-state index in [0.717, 1.165) is 0 Å². The van der Waals surface area contributed by atoms with Gasteiger partial charge in [0, 0.05) is 11.8 Å². The molecule has 17 heavy (non-hydrogen) atoms. The van der Waals surface area contributed by atoms with E-state index in [9.17, 15) is 9.59 Å². The number of carboxylic acid groups (broad SMARTS) is 1. The summed E-state index contributed by atoms with van der Waals surface area (Å²) in [5, 5.41) is 15.8. The van der Waals surface area contributed by atoms with Crippen LogP contribution in [0.15, 0.2) is 10.9 Å². The summed E-state index contributed by atoms with van der Waals surface area (Å²) in [7, 11) is 0. The van der Waals surface area contributed by atoms with E-state index in [1.165, 1.54) is 21.9 Å². The van der Waals surface area contributed by atoms with Gasteiger partial charge in [-0.05, 0) is 6.92 Å². The molecule has 0 aliphatic rings. The lowest BCUT2D eigenvalue weighted by Crippen LogP contribution is -2.22. The first kappa shape index (κ1) is 11.7. The number of carboxylic acids is 1. The number of aliphatic carboxylic acids is 1. The van der Waals surface area contributed by atoms with Crippen molar-refractivity contribution in [1.29, 1.82) is 0 Å². The Kier molecular flexibility index (Phi) is 3.16. The molecule has 0 spiro atoms. The van der Waals surface area contributed by atoms with Crippen molar-refractivity contribution in [2.75, 3.05) is 6.54 Å². The third-order valence-electron chi connectivity index (χ3n) is 1.97. The number of carbonyl (C=O) groups is 1. The minimum atomic E-state index is -0.933. The minimum Gasteiger partial charge on any atom is -0.480 e. The third-order valence-corrected chi connectivity index (χ3v) is 2.88. The van der Waals surface area contributed by atoms with Crippen molar-refractivity contribution in [3.05, 3.63) is 27.1 Å². The molecule has 0 aliphatic heterocycles. The molecule has 0 atom stereocenters. The van der Waals surface area contributed by atoms with Gasteiger partial charge in [0.05, 0.1) is 13.1 Å². The van der Waals surface area contributed by atoms with Crippen LogP contribution in [0.4, 0.5) is 0 Å². The maximum absolute atomic E-state index is 11.5. The smallest absolute Gasteiger partial charge is 0.317 e. The van der Waals surface area contributed by atoms with Crippen LogP contribution in [0.25, 0.3) is 4.96 Å². The Hall–Kier alpha value is -1.80. The number of rotatable bonds is 4. The SMILES string of the molecule is Cc1cc(=O)n2nc(CNCC(=O)O)sc2n1. The van der Waals surface area contributed by atoms with Crippen LogP contribution >= 0.6 is 11.3 Å². The third kappa shape index (κ3) is 2.66. The normalized spacial score (nSPS) is 10.9. The Balaban J connectivity index is 2.23. The van der Waals surface area contributed by atoms with Crippen LogP contribution in [0.1, 0.15) is 10.7 Å². The number of fused-ring (bicyclic) bond motifs is 1. The summed E-state index contributed by atoms with van der Waals surface area (Å²) >= 11 is 1.26. The zero-order valence-electron chi connectivity index (χ0n) is 9.01. The van der Waals surface area contributed by atoms with Gasteiger partial charge in [0.2, 0.25) is 4.96 Å². The highest BCUT2D eigenvalue weighted by Gasteiger charge is 2.07. The fraction of sp³-hybridized carbons (Fsp3) is 0.333. The van der Waals surface area contributed by atoms with E-state index < -0.39 is 5.97 Å². The van der Waals surface area contributed by atoms with Gasteiger partial charge in [0.15, 0.2) is 0 Å². The highest BCUT2D eigenvalue weighted by molar-refractivity contribution is 7.16. The fourth-order valence-electron chi connectivity index (χ4n) is 1.31. The number of nitrogens with zero attached hydrogens (tertiary/aromatic N) is 3. The van der Waals surface area contributed by atoms with Crippen LogP contribution in [-0.4, -0.2) is 32.2 Å². The van der Waals surface area contributed by atoms with Crippen molar-refractivity contribution >= 4 is 22.3 Å². The molecule has 0 aromatic carbocycles. The Bertz CT molecular complexity index is 618. The molecule has 2 aromatic heterocycles. The second-order valence-electron chi connectivity index (χ2n) is 3.42. The molecule has 0 bridgehead atoms. The largest absolute Gasteiger partial charge is 0.480 e. The predicted octanol–water partition coefficient (Wildman–Crippen LogP) is -0.366. The second kappa shape index (κ2) is 4.60. The predicted molar refractivity (Wildman–Crippen MR) is 61.2 cm³/mol. The van der Waals surface area contributed by atoms with Gasteiger partial charge in [0.25, 0.3) is 5.56 Å². The van der Waals surface area contributed by atoms with Gasteiger partial charge in [-0.3, -0.25) is 9.59 Å². The molecule has 0 aliphatic carbocycles. The van der Waals surface area contributed by atoms with Gasteiger partial charge < -0.3 is 10.4 Å². The van der Waals surface area contributed by atoms with Crippen molar-refractivity contribution in [2.24, 2.45) is 0 Å². The lowest BCUT2D eigenvalue weighted by molar-refractivity contribution is -0.135. The number of aromatic nitrogens is 3. The van der Waals surface area contributed by atoms with Gasteiger partial charge in [-0.2, -0.15) is 9.61 Å². The van der Waals surface area contributed by atoms with E-state index in [2.05, 4.69) is 15.4 Å². The van der Waals surface area contributed by atoms with E-state index in [4.69, 9.17) is 5.11 Å². The van der Waals surface area contributed by atoms with E-state index in [-0.39, 0.29) is 12.1 Å². The lowest BCUT2D eigenvalue weighted by Gasteiger charge is -1.95. The molecular formula is C9H10N4O3S. The Morgan fingerprint density at radius 2 is 2.41 bits per heavy atom. The lowest BCUT2D eigenvalue weighted by atomic mass is 10.5. The number of aryl methyl sites for hydroxylation is 1. The van der Waals surface area contributed by atoms with Crippen molar-refractivity contribution in [3.8, 4) is 0 Å². The number of nitrogens with one attached hydrogen (secondary N) is 1. The summed E-state index contributed by atoms with van der Waals surface area (Å²) in [6, 6.07) is 1.40. The van der Waals surface area contributed by atoms with E-state index in [1.54, 1.807) is 6.92 Å². The first-order valence-electron chi connectivity index (χ1n) is 4.85. The summed E-state index contributed by atoms with van der Waals surface area (Å²) in [5.41, 5.74) is 0.414. The van der Waals surface area contributed by atoms with Crippen molar-refractivity contribution in [2.45, 2.75) is 13.5 Å². The molecule has 0 unspecified atom stereocenters. The van der Waals surface area contributed by atoms with Crippen molar-refractivity contribution in [1.82, 2.24) is 19.9 Å². The molecule has 0 saturated carbocycles. The van der Waals surface area contributed by atoms with Crippen LogP contribution in [0.3, 0.4) is 0 Å². The molecule has 2 rings (SSSR count). The average molecular weight is 254 g/mol. The number of hydrogen-bond acceptors (Lipinski definition) is 6. The Labute approximate surface area is 99.7 Å². The molecule has 7 nitrogen and oxygen atoms in total. The Morgan fingerprint density at radius 3 is 3.12 bits per heavy atom. The van der Waals surface area contributed by atoms with Crippen molar-refractivity contribution < 1.29 is 9.90 Å². The maximum Gasteiger partial charge on any atom is 0.317 e. The average Bonchev–Trinajstić information content (AvgIpc) is 2.60. The van der Waals surface area contributed by atoms with E-state index in [1.807, 2.05) is 0 Å². The van der Waals surface area contributed by atoms with E-state index >= 15 is 0 Å². The van der Waals surface area contributed by atoms with Gasteiger partial charge in [0.1, 0.15) is 5.01 Å². The topological polar surface area (TPSA) is 96.6 Å². The summed E-state index contributed by atoms with van der Waals surface area (Å²) < 4.78 is 1.22. The zero-order valence-corrected chi connectivity index (χ0v) is 9.82. The molecule has 0 saturated heterocycles. The Morgan fingerprint density at radius 1 is 1.65 bits per heavy atom. The number of hydrogen-bond donors (Lipinski definition) is 2. The van der Waals surface area contributed by atoms with Crippen molar-refractivity contribution in [3.63, 3.8) is 0 Å². The quantitative estimate of drug-likeness (QED) is 0.773. The highest BCUT2D eigenvalue weighted by Crippen LogP contribution is 2.10. The van der Waals surface area contributed by atoms with Crippen LogP contribution in [-0.2, 0) is 11.3 Å². The molecule has 90 valence electrons. The minimum absolute atomic E-state index is 0.142. The first-order valence-corrected chi connectivity index (χ1v) is 5.67. The molecule has 0 fully saturated rings. The molecule has 8 heteroatoms. The maximum atomic E-state index is 11.5. The van der Waals surface area contributed by atoms with E-state index in [0.29, 0.717) is 22.2 Å². The molecule has 2 heterocycles. The van der Waals surface area contributed by atoms with Crippen LogP contribution in [0, 0.1) is 6.92 Å². The molecule has 2 aromatic rings. The second-order valence-corrected chi connectivity index (χ2v) is 4.46. The van der Waals surface area contributed by atoms with Gasteiger partial charge >= 0.3 is 5.97 Å². The zero-order chi connectivity index (χ0) is 12.4. The van der Waals surface area contributed by atoms with Gasteiger partial charge in [-0.25, -0.2) is 4.98 Å². The van der Waals surface area contributed by atoms with Gasteiger partial charge in [-0.1, -0.05) is 11.3 Å². The van der Waals surface area contributed by atoms with Crippen LogP contribution in [0.5, 0.6) is 0 Å².